The summed E-state index contributed by atoms with van der Waals surface area (Å²) in [6.45, 7) is 1.27. The van der Waals surface area contributed by atoms with Crippen LogP contribution in [0, 0.1) is 5.92 Å². The lowest BCUT2D eigenvalue weighted by Crippen LogP contribution is -2.54. The first-order chi connectivity index (χ1) is 10.3. The summed E-state index contributed by atoms with van der Waals surface area (Å²) in [5, 5.41) is 12.4. The van der Waals surface area contributed by atoms with E-state index in [0.29, 0.717) is 6.04 Å². The minimum Gasteiger partial charge on any atom is -0.396 e. The Balaban J connectivity index is 1.58. The van der Waals surface area contributed by atoms with Crippen LogP contribution in [0.15, 0.2) is 12.2 Å². The zero-order chi connectivity index (χ0) is 14.7. The Bertz CT molecular complexity index is 390. The zero-order valence-corrected chi connectivity index (χ0v) is 12.8. The van der Waals surface area contributed by atoms with Crippen molar-refractivity contribution >= 4 is 5.91 Å². The summed E-state index contributed by atoms with van der Waals surface area (Å²) < 4.78 is 0. The van der Waals surface area contributed by atoms with E-state index in [1.807, 2.05) is 12.2 Å². The first-order valence-corrected chi connectivity index (χ1v) is 8.63. The van der Waals surface area contributed by atoms with Crippen molar-refractivity contribution < 1.29 is 9.90 Å². The van der Waals surface area contributed by atoms with Crippen LogP contribution in [0.5, 0.6) is 0 Å². The molecule has 0 spiro atoms. The van der Waals surface area contributed by atoms with Gasteiger partial charge in [-0.3, -0.25) is 9.69 Å². The lowest BCUT2D eigenvalue weighted by Gasteiger charge is -2.39. The van der Waals surface area contributed by atoms with Crippen LogP contribution < -0.4 is 5.32 Å². The van der Waals surface area contributed by atoms with Crippen molar-refractivity contribution in [2.45, 2.75) is 69.5 Å². The molecule has 1 saturated carbocycles. The van der Waals surface area contributed by atoms with Crippen molar-refractivity contribution in [2.75, 3.05) is 13.2 Å². The number of carbonyl (C=O) groups excluding carboxylic acids is 1. The second-order valence-corrected chi connectivity index (χ2v) is 6.87. The van der Waals surface area contributed by atoms with Gasteiger partial charge in [-0.25, -0.2) is 0 Å². The number of rotatable bonds is 4. The van der Waals surface area contributed by atoms with Crippen LogP contribution in [0.1, 0.15) is 51.4 Å². The largest absolute Gasteiger partial charge is 0.396 e. The predicted molar refractivity (Wildman–Crippen MR) is 82.9 cm³/mol. The molecule has 4 heteroatoms. The molecule has 0 bridgehead atoms. The van der Waals surface area contributed by atoms with Crippen molar-refractivity contribution in [3.8, 4) is 0 Å². The van der Waals surface area contributed by atoms with Gasteiger partial charge in [0, 0.05) is 24.6 Å². The number of nitrogens with zero attached hydrogens (tertiary/aromatic N) is 1. The fraction of sp³-hybridized carbons (Fsp3) is 0.824. The molecule has 1 unspecified atom stereocenters. The molecule has 1 saturated heterocycles. The van der Waals surface area contributed by atoms with Crippen LogP contribution >= 0.6 is 0 Å². The van der Waals surface area contributed by atoms with Gasteiger partial charge in [0.1, 0.15) is 0 Å². The maximum Gasteiger partial charge on any atom is 0.237 e. The molecule has 4 nitrogen and oxygen atoms in total. The van der Waals surface area contributed by atoms with Crippen LogP contribution in [0.25, 0.3) is 0 Å². The Hall–Kier alpha value is -0.870. The number of hydrogen-bond donors (Lipinski definition) is 2. The molecule has 2 N–H and O–H groups in total. The summed E-state index contributed by atoms with van der Waals surface area (Å²) in [6, 6.07) is 0.816. The third kappa shape index (κ3) is 3.49. The van der Waals surface area contributed by atoms with Crippen molar-refractivity contribution in [1.82, 2.24) is 10.2 Å². The third-order valence-electron chi connectivity index (χ3n) is 5.37. The standard InChI is InChI=1S/C17H28N2O2/c20-12-13-8-9-14(11-13)18-17(21)16-7-3-4-10-19(16)15-5-1-2-6-15/h8-9,13-16,20H,1-7,10-12H2,(H,18,21)/t13-,14+,16?/m0/s1. The zero-order valence-electron chi connectivity index (χ0n) is 12.8. The van der Waals surface area contributed by atoms with E-state index in [4.69, 9.17) is 0 Å². The second-order valence-electron chi connectivity index (χ2n) is 6.87. The molecule has 1 heterocycles. The molecule has 1 aliphatic heterocycles. The Kier molecular flexibility index (Phi) is 4.96. The summed E-state index contributed by atoms with van der Waals surface area (Å²) >= 11 is 0. The topological polar surface area (TPSA) is 52.6 Å². The van der Waals surface area contributed by atoms with Crippen LogP contribution in [0.2, 0.25) is 0 Å². The SMILES string of the molecule is O=C(N[C@@H]1C=C[C@H](CO)C1)C1CCCCN1C1CCCC1. The molecule has 21 heavy (non-hydrogen) atoms. The molecular formula is C17H28N2O2. The van der Waals surface area contributed by atoms with E-state index in [9.17, 15) is 9.90 Å². The molecule has 1 amide bonds. The summed E-state index contributed by atoms with van der Waals surface area (Å²) in [5.74, 6) is 0.419. The first kappa shape index (κ1) is 15.0. The number of aliphatic hydroxyl groups is 1. The van der Waals surface area contributed by atoms with Gasteiger partial charge in [0.05, 0.1) is 6.04 Å². The number of nitrogens with one attached hydrogen (secondary N) is 1. The Labute approximate surface area is 127 Å². The van der Waals surface area contributed by atoms with E-state index in [1.54, 1.807) is 0 Å². The second kappa shape index (κ2) is 6.93. The Morgan fingerprint density at radius 3 is 2.62 bits per heavy atom. The monoisotopic (exact) mass is 292 g/mol. The molecule has 0 aromatic rings. The van der Waals surface area contributed by atoms with E-state index in [-0.39, 0.29) is 30.5 Å². The van der Waals surface area contributed by atoms with Crippen LogP contribution in [0.4, 0.5) is 0 Å². The molecule has 3 aliphatic rings. The van der Waals surface area contributed by atoms with Gasteiger partial charge in [0.25, 0.3) is 0 Å². The van der Waals surface area contributed by atoms with E-state index >= 15 is 0 Å². The number of aliphatic hydroxyl groups excluding tert-OH is 1. The summed E-state index contributed by atoms with van der Waals surface area (Å²) in [7, 11) is 0. The van der Waals surface area contributed by atoms with Crippen molar-refractivity contribution in [2.24, 2.45) is 5.92 Å². The molecule has 3 atom stereocenters. The molecule has 2 fully saturated rings. The summed E-state index contributed by atoms with van der Waals surface area (Å²) in [5.41, 5.74) is 0. The molecule has 3 rings (SSSR count). The Morgan fingerprint density at radius 1 is 1.14 bits per heavy atom. The van der Waals surface area contributed by atoms with Gasteiger partial charge in [-0.1, -0.05) is 31.4 Å². The molecule has 0 aromatic carbocycles. The van der Waals surface area contributed by atoms with Crippen LogP contribution in [0.3, 0.4) is 0 Å². The van der Waals surface area contributed by atoms with E-state index in [1.165, 1.54) is 38.5 Å². The van der Waals surface area contributed by atoms with Gasteiger partial charge >= 0.3 is 0 Å². The maximum absolute atomic E-state index is 12.7. The average Bonchev–Trinajstić information content (AvgIpc) is 3.18. The number of carbonyl (C=O) groups is 1. The quantitative estimate of drug-likeness (QED) is 0.777. The molecule has 0 aromatic heterocycles. The normalized spacial score (nSPS) is 34.4. The Morgan fingerprint density at radius 2 is 1.90 bits per heavy atom. The first-order valence-electron chi connectivity index (χ1n) is 8.63. The number of piperidine rings is 1. The fourth-order valence-corrected chi connectivity index (χ4v) is 4.20. The van der Waals surface area contributed by atoms with E-state index < -0.39 is 0 Å². The van der Waals surface area contributed by atoms with Gasteiger partial charge in [-0.05, 0) is 38.6 Å². The number of amides is 1. The molecule has 0 radical (unpaired) electrons. The third-order valence-corrected chi connectivity index (χ3v) is 5.37. The van der Waals surface area contributed by atoms with Gasteiger partial charge < -0.3 is 10.4 Å². The number of likely N-dealkylation sites (tertiary alicyclic amines) is 1. The minimum absolute atomic E-state index is 0.0726. The lowest BCUT2D eigenvalue weighted by atomic mass is 9.98. The summed E-state index contributed by atoms with van der Waals surface area (Å²) in [6.07, 6.45) is 13.5. The average molecular weight is 292 g/mol. The predicted octanol–water partition coefficient (Wildman–Crippen LogP) is 1.84. The van der Waals surface area contributed by atoms with Crippen molar-refractivity contribution in [3.63, 3.8) is 0 Å². The maximum atomic E-state index is 12.7. The highest BCUT2D eigenvalue weighted by atomic mass is 16.3. The smallest absolute Gasteiger partial charge is 0.237 e. The number of hydrogen-bond acceptors (Lipinski definition) is 3. The summed E-state index contributed by atoms with van der Waals surface area (Å²) in [4.78, 5) is 15.1. The van der Waals surface area contributed by atoms with Gasteiger partial charge in [0.2, 0.25) is 5.91 Å². The van der Waals surface area contributed by atoms with Gasteiger partial charge in [-0.2, -0.15) is 0 Å². The minimum atomic E-state index is 0.0726. The van der Waals surface area contributed by atoms with Gasteiger partial charge in [-0.15, -0.1) is 0 Å². The molecular weight excluding hydrogens is 264 g/mol. The highest BCUT2D eigenvalue weighted by Crippen LogP contribution is 2.29. The lowest BCUT2D eigenvalue weighted by molar-refractivity contribution is -0.129. The highest BCUT2D eigenvalue weighted by Gasteiger charge is 2.35. The van der Waals surface area contributed by atoms with Gasteiger partial charge in [0.15, 0.2) is 0 Å². The fourth-order valence-electron chi connectivity index (χ4n) is 4.20. The van der Waals surface area contributed by atoms with Crippen LogP contribution in [-0.2, 0) is 4.79 Å². The highest BCUT2D eigenvalue weighted by molar-refractivity contribution is 5.82. The van der Waals surface area contributed by atoms with Crippen molar-refractivity contribution in [1.29, 1.82) is 0 Å². The molecule has 118 valence electrons. The van der Waals surface area contributed by atoms with Crippen molar-refractivity contribution in [3.05, 3.63) is 12.2 Å². The van der Waals surface area contributed by atoms with E-state index in [2.05, 4.69) is 10.2 Å². The van der Waals surface area contributed by atoms with E-state index in [0.717, 1.165) is 19.4 Å². The van der Waals surface area contributed by atoms with Crippen LogP contribution in [-0.4, -0.2) is 47.2 Å². The molecule has 2 aliphatic carbocycles.